The van der Waals surface area contributed by atoms with Gasteiger partial charge in [0.2, 0.25) is 5.92 Å². The summed E-state index contributed by atoms with van der Waals surface area (Å²) in [6.07, 6.45) is 2.19. The van der Waals surface area contributed by atoms with Gasteiger partial charge in [-0.1, -0.05) is 12.1 Å². The molecule has 0 radical (unpaired) electrons. The van der Waals surface area contributed by atoms with Gasteiger partial charge in [-0.2, -0.15) is 0 Å². The molecule has 0 bridgehead atoms. The van der Waals surface area contributed by atoms with Gasteiger partial charge in [0.05, 0.1) is 30.0 Å². The predicted octanol–water partition coefficient (Wildman–Crippen LogP) is 5.53. The molecule has 0 spiro atoms. The summed E-state index contributed by atoms with van der Waals surface area (Å²) in [5, 5.41) is 0. The summed E-state index contributed by atoms with van der Waals surface area (Å²) in [5.41, 5.74) is 4.10. The van der Waals surface area contributed by atoms with Gasteiger partial charge in [-0.25, -0.2) is 18.2 Å². The van der Waals surface area contributed by atoms with E-state index in [0.29, 0.717) is 31.7 Å². The first kappa shape index (κ1) is 18.5. The molecule has 7 heteroatoms. The van der Waals surface area contributed by atoms with E-state index in [-0.39, 0.29) is 30.6 Å². The number of hydrogen-bond acceptors (Lipinski definition) is 3. The highest BCUT2D eigenvalue weighted by Gasteiger charge is 2.36. The van der Waals surface area contributed by atoms with Gasteiger partial charge in [0.1, 0.15) is 12.5 Å². The molecular weight excluding hydrogens is 379 g/mol. The van der Waals surface area contributed by atoms with Gasteiger partial charge >= 0.3 is 0 Å². The number of anilines is 1. The highest BCUT2D eigenvalue weighted by molar-refractivity contribution is 5.79. The van der Waals surface area contributed by atoms with Crippen molar-refractivity contribution in [1.82, 2.24) is 9.97 Å². The maximum Gasteiger partial charge on any atom is 0.248 e. The van der Waals surface area contributed by atoms with E-state index in [1.54, 1.807) is 12.4 Å². The van der Waals surface area contributed by atoms with Gasteiger partial charge in [-0.05, 0) is 48.6 Å². The van der Waals surface area contributed by atoms with Crippen molar-refractivity contribution in [2.75, 3.05) is 18.2 Å². The smallest absolute Gasteiger partial charge is 0.248 e. The second kappa shape index (κ2) is 7.06. The Labute approximate surface area is 166 Å². The average Bonchev–Trinajstić information content (AvgIpc) is 3.36. The number of imidazole rings is 1. The molecular formula is C22H22F3N3O. The van der Waals surface area contributed by atoms with Crippen LogP contribution in [0.25, 0.3) is 11.0 Å². The van der Waals surface area contributed by atoms with E-state index in [1.165, 1.54) is 6.07 Å². The molecule has 1 atom stereocenters. The molecule has 1 N–H and O–H groups in total. The van der Waals surface area contributed by atoms with Gasteiger partial charge in [0.25, 0.3) is 0 Å². The summed E-state index contributed by atoms with van der Waals surface area (Å²) in [5.74, 6) is -2.88. The first-order valence-electron chi connectivity index (χ1n) is 9.95. The van der Waals surface area contributed by atoms with E-state index >= 15 is 4.39 Å². The Hall–Kier alpha value is -2.54. The van der Waals surface area contributed by atoms with Gasteiger partial charge < -0.3 is 14.6 Å². The van der Waals surface area contributed by atoms with Crippen LogP contribution in [0, 0.1) is 5.82 Å². The number of benzene rings is 2. The van der Waals surface area contributed by atoms with E-state index in [4.69, 9.17) is 4.74 Å². The van der Waals surface area contributed by atoms with Crippen LogP contribution >= 0.6 is 0 Å². The summed E-state index contributed by atoms with van der Waals surface area (Å²) in [6, 6.07) is 10.8. The number of aromatic amines is 1. The standard InChI is InChI=1S/C22H22F3N3O/c23-18-9-15(14-5-7-22(24,25)8-6-14)1-3-17(18)21-11-29-13-28(21)16-2-4-19-20(10-16)27-12-26-19/h1-4,9-10,12,14,21H,5-8,11,13H2,(H,26,27)/t21-/m1/s1. The van der Waals surface area contributed by atoms with Crippen LogP contribution in [0.3, 0.4) is 0 Å². The van der Waals surface area contributed by atoms with Gasteiger partial charge in [-0.15, -0.1) is 0 Å². The molecule has 152 valence electrons. The molecule has 1 aliphatic carbocycles. The number of aromatic nitrogens is 2. The highest BCUT2D eigenvalue weighted by atomic mass is 19.3. The molecule has 0 unspecified atom stereocenters. The first-order valence-corrected chi connectivity index (χ1v) is 9.95. The number of hydrogen-bond donors (Lipinski definition) is 1. The lowest BCUT2D eigenvalue weighted by Gasteiger charge is -2.29. The third kappa shape index (κ3) is 3.48. The van der Waals surface area contributed by atoms with Crippen LogP contribution in [0.2, 0.25) is 0 Å². The van der Waals surface area contributed by atoms with Crippen molar-refractivity contribution < 1.29 is 17.9 Å². The van der Waals surface area contributed by atoms with E-state index in [9.17, 15) is 8.78 Å². The Balaban J connectivity index is 1.39. The minimum Gasteiger partial charge on any atom is -0.359 e. The topological polar surface area (TPSA) is 41.1 Å². The maximum absolute atomic E-state index is 15.1. The molecule has 4 nitrogen and oxygen atoms in total. The molecule has 1 saturated carbocycles. The Bertz CT molecular complexity index is 1030. The fourth-order valence-electron chi connectivity index (χ4n) is 4.50. The second-order valence-corrected chi connectivity index (χ2v) is 8.00. The normalized spacial score (nSPS) is 22.4. The molecule has 0 amide bonds. The quantitative estimate of drug-likeness (QED) is 0.627. The van der Waals surface area contributed by atoms with Crippen molar-refractivity contribution in [3.8, 4) is 0 Å². The van der Waals surface area contributed by atoms with E-state index < -0.39 is 5.92 Å². The molecule has 29 heavy (non-hydrogen) atoms. The molecule has 1 saturated heterocycles. The Kier molecular flexibility index (Phi) is 4.50. The fraction of sp³-hybridized carbons (Fsp3) is 0.409. The third-order valence-electron chi connectivity index (χ3n) is 6.19. The number of nitrogens with zero attached hydrogens (tertiary/aromatic N) is 2. The van der Waals surface area contributed by atoms with E-state index in [2.05, 4.69) is 9.97 Å². The zero-order valence-electron chi connectivity index (χ0n) is 15.9. The van der Waals surface area contributed by atoms with E-state index in [0.717, 1.165) is 22.3 Å². The summed E-state index contributed by atoms with van der Waals surface area (Å²) in [4.78, 5) is 9.35. The van der Waals surface area contributed by atoms with Crippen molar-refractivity contribution in [2.45, 2.75) is 43.6 Å². The number of fused-ring (bicyclic) bond motifs is 1. The number of rotatable bonds is 3. The molecule has 5 rings (SSSR count). The van der Waals surface area contributed by atoms with Crippen molar-refractivity contribution in [2.24, 2.45) is 0 Å². The predicted molar refractivity (Wildman–Crippen MR) is 105 cm³/mol. The number of ether oxygens (including phenoxy) is 1. The Morgan fingerprint density at radius 3 is 2.72 bits per heavy atom. The largest absolute Gasteiger partial charge is 0.359 e. The van der Waals surface area contributed by atoms with Crippen LogP contribution < -0.4 is 4.90 Å². The molecule has 1 aromatic heterocycles. The lowest BCUT2D eigenvalue weighted by molar-refractivity contribution is -0.0382. The van der Waals surface area contributed by atoms with Crippen LogP contribution in [0.15, 0.2) is 42.7 Å². The summed E-state index contributed by atoms with van der Waals surface area (Å²) >= 11 is 0. The van der Waals surface area contributed by atoms with Crippen LogP contribution in [0.4, 0.5) is 18.9 Å². The summed E-state index contributed by atoms with van der Waals surface area (Å²) < 4.78 is 47.5. The molecule has 3 aromatic rings. The monoisotopic (exact) mass is 401 g/mol. The van der Waals surface area contributed by atoms with Crippen molar-refractivity contribution in [1.29, 1.82) is 0 Å². The SMILES string of the molecule is Fc1cc(C2CCC(F)(F)CC2)ccc1[C@H]1COCN1c1ccc2nc[nH]c2c1. The zero-order valence-corrected chi connectivity index (χ0v) is 15.9. The molecule has 2 aromatic carbocycles. The van der Waals surface area contributed by atoms with Gasteiger partial charge in [0, 0.05) is 24.1 Å². The van der Waals surface area contributed by atoms with Crippen molar-refractivity contribution in [3.05, 3.63) is 59.7 Å². The zero-order chi connectivity index (χ0) is 20.0. The van der Waals surface area contributed by atoms with E-state index in [1.807, 2.05) is 29.2 Å². The molecule has 2 fully saturated rings. The number of nitrogens with one attached hydrogen (secondary N) is 1. The minimum absolute atomic E-state index is 0.00288. The highest BCUT2D eigenvalue weighted by Crippen LogP contribution is 2.42. The summed E-state index contributed by atoms with van der Waals surface area (Å²) in [6.45, 7) is 0.774. The van der Waals surface area contributed by atoms with Crippen LogP contribution in [-0.2, 0) is 4.74 Å². The van der Waals surface area contributed by atoms with Gasteiger partial charge in [-0.3, -0.25) is 0 Å². The maximum atomic E-state index is 15.1. The minimum atomic E-state index is -2.58. The second-order valence-electron chi connectivity index (χ2n) is 8.00. The van der Waals surface area contributed by atoms with Crippen molar-refractivity contribution in [3.63, 3.8) is 0 Å². The third-order valence-corrected chi connectivity index (χ3v) is 6.19. The number of H-pyrrole nitrogens is 1. The number of halogens is 3. The van der Waals surface area contributed by atoms with Crippen molar-refractivity contribution >= 4 is 16.7 Å². The Morgan fingerprint density at radius 1 is 1.10 bits per heavy atom. The number of alkyl halides is 2. The van der Waals surface area contributed by atoms with Crippen LogP contribution in [0.5, 0.6) is 0 Å². The first-order chi connectivity index (χ1) is 14.0. The summed E-state index contributed by atoms with van der Waals surface area (Å²) in [7, 11) is 0. The molecule has 2 heterocycles. The van der Waals surface area contributed by atoms with Crippen LogP contribution in [-0.4, -0.2) is 29.2 Å². The lowest BCUT2D eigenvalue weighted by atomic mass is 9.82. The average molecular weight is 401 g/mol. The Morgan fingerprint density at radius 2 is 1.93 bits per heavy atom. The molecule has 1 aliphatic heterocycles. The van der Waals surface area contributed by atoms with Gasteiger partial charge in [0.15, 0.2) is 0 Å². The molecule has 2 aliphatic rings. The fourth-order valence-corrected chi connectivity index (χ4v) is 4.50. The van der Waals surface area contributed by atoms with Crippen LogP contribution in [0.1, 0.15) is 48.8 Å². The lowest BCUT2D eigenvalue weighted by Crippen LogP contribution is -2.25.